The SMILES string of the molecule is CS(=O)(=O)CCC/C(=N\OS(=O)(=O)[O-])SC1OC(CO)C(O)C(O)C1O.[K+]. The molecule has 4 N–H and O–H groups in total. The first kappa shape index (κ1) is 28.1. The Morgan fingerprint density at radius 2 is 1.78 bits per heavy atom. The second-order valence-electron chi connectivity index (χ2n) is 5.52. The van der Waals surface area contributed by atoms with E-state index < -0.39 is 56.7 Å². The Balaban J connectivity index is 0.00000676. The molecule has 1 saturated heterocycles. The fraction of sp³-hybridized carbons (Fsp3) is 0.909. The first-order chi connectivity index (χ1) is 11.8. The molecule has 16 heteroatoms. The van der Waals surface area contributed by atoms with E-state index in [4.69, 9.17) is 9.84 Å². The summed E-state index contributed by atoms with van der Waals surface area (Å²) in [5.74, 6) is -0.259. The summed E-state index contributed by atoms with van der Waals surface area (Å²) in [7, 11) is -8.47. The van der Waals surface area contributed by atoms with E-state index in [0.29, 0.717) is 11.8 Å². The van der Waals surface area contributed by atoms with Crippen LogP contribution in [-0.2, 0) is 29.3 Å². The molecule has 5 atom stereocenters. The maximum atomic E-state index is 11.2. The largest absolute Gasteiger partial charge is 1.00 e. The molecule has 0 radical (unpaired) electrons. The fourth-order valence-electron chi connectivity index (χ4n) is 2.00. The normalized spacial score (nSPS) is 29.9. The summed E-state index contributed by atoms with van der Waals surface area (Å²) in [6, 6.07) is 0. The van der Waals surface area contributed by atoms with Crippen molar-refractivity contribution in [1.29, 1.82) is 0 Å². The van der Waals surface area contributed by atoms with E-state index in [2.05, 4.69) is 9.44 Å². The number of oxime groups is 1. The van der Waals surface area contributed by atoms with Crippen LogP contribution in [0.2, 0.25) is 0 Å². The van der Waals surface area contributed by atoms with Gasteiger partial charge in [-0.3, -0.25) is 4.28 Å². The third-order valence-electron chi connectivity index (χ3n) is 3.24. The van der Waals surface area contributed by atoms with Crippen molar-refractivity contribution in [3.05, 3.63) is 0 Å². The number of aliphatic hydroxyl groups is 4. The van der Waals surface area contributed by atoms with E-state index in [1.165, 1.54) is 0 Å². The maximum Gasteiger partial charge on any atom is 1.00 e. The zero-order valence-corrected chi connectivity index (χ0v) is 20.1. The average molecular weight is 478 g/mol. The van der Waals surface area contributed by atoms with E-state index in [-0.39, 0.29) is 75.0 Å². The molecule has 1 aliphatic rings. The molecule has 27 heavy (non-hydrogen) atoms. The van der Waals surface area contributed by atoms with Crippen molar-refractivity contribution in [3.63, 3.8) is 0 Å². The molecule has 0 bridgehead atoms. The quantitative estimate of drug-likeness (QED) is 0.0644. The summed E-state index contributed by atoms with van der Waals surface area (Å²) < 4.78 is 62.9. The minimum Gasteiger partial charge on any atom is -0.714 e. The second kappa shape index (κ2) is 12.1. The predicted octanol–water partition coefficient (Wildman–Crippen LogP) is -5.86. The van der Waals surface area contributed by atoms with E-state index in [1.807, 2.05) is 0 Å². The van der Waals surface area contributed by atoms with Gasteiger partial charge in [-0.1, -0.05) is 16.9 Å². The van der Waals surface area contributed by atoms with Crippen LogP contribution in [0.25, 0.3) is 0 Å². The van der Waals surface area contributed by atoms with Crippen molar-refractivity contribution < 1.29 is 102 Å². The van der Waals surface area contributed by atoms with Crippen molar-refractivity contribution in [3.8, 4) is 0 Å². The topological polar surface area (TPSA) is 203 Å². The number of rotatable bonds is 8. The van der Waals surface area contributed by atoms with Gasteiger partial charge in [0.2, 0.25) is 0 Å². The Morgan fingerprint density at radius 1 is 1.19 bits per heavy atom. The van der Waals surface area contributed by atoms with Crippen molar-refractivity contribution in [2.75, 3.05) is 18.6 Å². The number of aliphatic hydroxyl groups excluding tert-OH is 4. The molecule has 0 saturated carbocycles. The molecule has 0 amide bonds. The Labute approximate surface area is 203 Å². The van der Waals surface area contributed by atoms with Crippen LogP contribution in [0.4, 0.5) is 0 Å². The zero-order valence-electron chi connectivity index (χ0n) is 14.5. The van der Waals surface area contributed by atoms with E-state index in [0.717, 1.165) is 6.26 Å². The van der Waals surface area contributed by atoms with E-state index >= 15 is 0 Å². The van der Waals surface area contributed by atoms with Gasteiger partial charge in [0.25, 0.3) is 10.4 Å². The summed E-state index contributed by atoms with van der Waals surface area (Å²) in [4.78, 5) is 0. The Morgan fingerprint density at radius 3 is 2.26 bits per heavy atom. The van der Waals surface area contributed by atoms with Crippen molar-refractivity contribution in [2.45, 2.75) is 42.7 Å². The van der Waals surface area contributed by atoms with Gasteiger partial charge in [-0.15, -0.1) is 0 Å². The Kier molecular flexibility index (Phi) is 12.6. The van der Waals surface area contributed by atoms with Gasteiger partial charge in [-0.25, -0.2) is 8.42 Å². The predicted molar refractivity (Wildman–Crippen MR) is 88.5 cm³/mol. The molecule has 5 unspecified atom stereocenters. The number of hydrogen-bond donors (Lipinski definition) is 4. The molecule has 154 valence electrons. The monoisotopic (exact) mass is 477 g/mol. The molecule has 0 aromatic heterocycles. The smallest absolute Gasteiger partial charge is 0.714 e. The standard InChI is InChI=1S/C11H21NO11S3.K/c1-25(17,18)4-2-3-7(12-23-26(19,20)21)24-11-10(16)9(15)8(14)6(5-13)22-11;/h6,8-11,13-16H,2-5H2,1H3,(H,19,20,21);/q;+1/p-1/b12-7+;. The number of thioether (sulfide) groups is 1. The molecule has 12 nitrogen and oxygen atoms in total. The van der Waals surface area contributed by atoms with Gasteiger partial charge in [-0.2, -0.15) is 8.42 Å². The van der Waals surface area contributed by atoms with Gasteiger partial charge in [0.05, 0.1) is 12.4 Å². The van der Waals surface area contributed by atoms with Crippen molar-refractivity contribution in [1.82, 2.24) is 0 Å². The summed E-state index contributed by atoms with van der Waals surface area (Å²) >= 11 is 0.562. The average Bonchev–Trinajstić information content (AvgIpc) is 2.50. The molecule has 1 fully saturated rings. The van der Waals surface area contributed by atoms with Crippen LogP contribution in [-0.4, -0.2) is 95.3 Å². The van der Waals surface area contributed by atoms with Gasteiger partial charge in [-0.05, 0) is 6.42 Å². The van der Waals surface area contributed by atoms with Crippen molar-refractivity contribution in [2.24, 2.45) is 5.16 Å². The van der Waals surface area contributed by atoms with Gasteiger partial charge >= 0.3 is 51.4 Å². The van der Waals surface area contributed by atoms with Crippen LogP contribution >= 0.6 is 11.8 Å². The molecule has 0 aliphatic carbocycles. The van der Waals surface area contributed by atoms with Crippen LogP contribution in [0.15, 0.2) is 5.16 Å². The van der Waals surface area contributed by atoms with E-state index in [1.54, 1.807) is 0 Å². The number of sulfone groups is 1. The van der Waals surface area contributed by atoms with Crippen LogP contribution in [0, 0.1) is 0 Å². The maximum absolute atomic E-state index is 11.2. The molecular formula is C11H20KNO11S3. The molecular weight excluding hydrogens is 457 g/mol. The van der Waals surface area contributed by atoms with Gasteiger partial charge in [0.1, 0.15) is 44.7 Å². The Hall–Kier alpha value is 1.12. The second-order valence-corrected chi connectivity index (χ2v) is 9.91. The van der Waals surface area contributed by atoms with Gasteiger partial charge in [0.15, 0.2) is 0 Å². The summed E-state index contributed by atoms with van der Waals surface area (Å²) in [5, 5.41) is 41.4. The third-order valence-corrected chi connectivity index (χ3v) is 5.70. The summed E-state index contributed by atoms with van der Waals surface area (Å²) in [6.07, 6.45) is -5.23. The minimum atomic E-state index is -5.16. The number of ether oxygens (including phenoxy) is 1. The first-order valence-electron chi connectivity index (χ1n) is 7.20. The van der Waals surface area contributed by atoms with Crippen LogP contribution in [0.1, 0.15) is 12.8 Å². The molecule has 1 heterocycles. The third kappa shape index (κ3) is 10.6. The molecule has 1 aliphatic heterocycles. The first-order valence-corrected chi connectivity index (χ1v) is 11.5. The number of hydrogen-bond acceptors (Lipinski definition) is 13. The fourth-order valence-corrected chi connectivity index (χ4v) is 4.00. The Bertz CT molecular complexity index is 696. The summed E-state index contributed by atoms with van der Waals surface area (Å²) in [5.41, 5.74) is -1.29. The van der Waals surface area contributed by atoms with Crippen LogP contribution in [0.5, 0.6) is 0 Å². The van der Waals surface area contributed by atoms with Crippen LogP contribution in [0.3, 0.4) is 0 Å². The van der Waals surface area contributed by atoms with E-state index in [9.17, 15) is 36.7 Å². The van der Waals surface area contributed by atoms with Crippen LogP contribution < -0.4 is 51.4 Å². The molecule has 0 aromatic carbocycles. The summed E-state index contributed by atoms with van der Waals surface area (Å²) in [6.45, 7) is -0.673. The van der Waals surface area contributed by atoms with Gasteiger partial charge < -0.3 is 29.7 Å². The minimum absolute atomic E-state index is 0. The van der Waals surface area contributed by atoms with Gasteiger partial charge in [0, 0.05) is 12.7 Å². The molecule has 0 spiro atoms. The number of nitrogens with zero attached hydrogens (tertiary/aromatic N) is 1. The zero-order chi connectivity index (χ0) is 20.1. The molecule has 0 aromatic rings. The van der Waals surface area contributed by atoms with Crippen molar-refractivity contribution >= 4 is 37.0 Å². The molecule has 1 rings (SSSR count).